The van der Waals surface area contributed by atoms with E-state index >= 15 is 4.39 Å². The molecule has 9 nitrogen and oxygen atoms in total. The van der Waals surface area contributed by atoms with Crippen LogP contribution in [-0.4, -0.2) is 47.9 Å². The minimum atomic E-state index is -0.780. The lowest BCUT2D eigenvalue weighted by molar-refractivity contribution is 0.102. The number of hydrogen-bond donors (Lipinski definition) is 2. The largest absolute Gasteiger partial charge is 0.495 e. The van der Waals surface area contributed by atoms with Crippen molar-refractivity contribution in [1.82, 2.24) is 9.97 Å². The van der Waals surface area contributed by atoms with Crippen LogP contribution in [0.5, 0.6) is 17.2 Å². The van der Waals surface area contributed by atoms with E-state index in [4.69, 9.17) is 19.9 Å². The third-order valence-electron chi connectivity index (χ3n) is 6.76. The maximum absolute atomic E-state index is 15.5. The van der Waals surface area contributed by atoms with E-state index in [1.165, 1.54) is 25.1 Å². The number of thioether (sulfide) groups is 1. The molecule has 194 valence electrons. The number of carbonyl (C=O) groups excluding carboxylic acids is 1. The van der Waals surface area contributed by atoms with Crippen molar-refractivity contribution in [2.75, 3.05) is 32.2 Å². The maximum Gasteiger partial charge on any atom is 0.274 e. The van der Waals surface area contributed by atoms with Crippen molar-refractivity contribution >= 4 is 34.1 Å². The Morgan fingerprint density at radius 1 is 1.24 bits per heavy atom. The van der Waals surface area contributed by atoms with Gasteiger partial charge in [0.2, 0.25) is 0 Å². The van der Waals surface area contributed by atoms with Gasteiger partial charge in [-0.1, -0.05) is 17.8 Å². The number of pyridine rings is 2. The van der Waals surface area contributed by atoms with Crippen LogP contribution in [0.1, 0.15) is 40.2 Å². The zero-order chi connectivity index (χ0) is 26.3. The number of anilines is 1. The van der Waals surface area contributed by atoms with E-state index < -0.39 is 10.7 Å². The molecule has 0 bridgehead atoms. The van der Waals surface area contributed by atoms with Crippen molar-refractivity contribution in [1.29, 1.82) is 0 Å². The highest BCUT2D eigenvalue weighted by atomic mass is 32.2. The number of amides is 1. The molecular formula is C27H24FN5O4S. The molecule has 1 spiro atoms. The van der Waals surface area contributed by atoms with Gasteiger partial charge < -0.3 is 25.3 Å². The van der Waals surface area contributed by atoms with E-state index in [0.717, 1.165) is 11.1 Å². The highest BCUT2D eigenvalue weighted by molar-refractivity contribution is 8.14. The van der Waals surface area contributed by atoms with Crippen molar-refractivity contribution in [3.05, 3.63) is 77.1 Å². The Balaban J connectivity index is 1.42. The van der Waals surface area contributed by atoms with Crippen LogP contribution >= 0.6 is 11.8 Å². The van der Waals surface area contributed by atoms with Gasteiger partial charge in [-0.3, -0.25) is 9.79 Å². The molecule has 3 aliphatic heterocycles. The van der Waals surface area contributed by atoms with Gasteiger partial charge in [0.25, 0.3) is 11.9 Å². The van der Waals surface area contributed by atoms with Gasteiger partial charge in [0.05, 0.1) is 37.0 Å². The Hall–Kier alpha value is -3.96. The first-order chi connectivity index (χ1) is 18.5. The third-order valence-corrected chi connectivity index (χ3v) is 8.09. The van der Waals surface area contributed by atoms with E-state index in [2.05, 4.69) is 20.3 Å². The summed E-state index contributed by atoms with van der Waals surface area (Å²) in [6, 6.07) is 10.4. The second kappa shape index (κ2) is 9.73. The molecule has 0 fully saturated rings. The van der Waals surface area contributed by atoms with Crippen LogP contribution in [0, 0.1) is 5.95 Å². The average Bonchev–Trinajstić information content (AvgIpc) is 2.94. The van der Waals surface area contributed by atoms with Gasteiger partial charge in [-0.2, -0.15) is 4.39 Å². The summed E-state index contributed by atoms with van der Waals surface area (Å²) >= 11 is 1.36. The molecular weight excluding hydrogens is 509 g/mol. The number of nitrogens with zero attached hydrogens (tertiary/aromatic N) is 3. The van der Waals surface area contributed by atoms with E-state index in [-0.39, 0.29) is 17.4 Å². The molecule has 1 atom stereocenters. The molecule has 38 heavy (non-hydrogen) atoms. The minimum Gasteiger partial charge on any atom is -0.495 e. The van der Waals surface area contributed by atoms with Crippen molar-refractivity contribution in [2.45, 2.75) is 17.6 Å². The zero-order valence-corrected chi connectivity index (χ0v) is 21.3. The van der Waals surface area contributed by atoms with E-state index in [1.807, 2.05) is 18.2 Å². The Labute approximate surface area is 222 Å². The normalized spacial score (nSPS) is 19.9. The second-order valence-electron chi connectivity index (χ2n) is 8.98. The number of benzene rings is 1. The predicted octanol–water partition coefficient (Wildman–Crippen LogP) is 4.48. The predicted molar refractivity (Wildman–Crippen MR) is 142 cm³/mol. The zero-order valence-electron chi connectivity index (χ0n) is 20.5. The van der Waals surface area contributed by atoms with Gasteiger partial charge in [-0.15, -0.1) is 0 Å². The van der Waals surface area contributed by atoms with E-state index in [1.54, 1.807) is 24.3 Å². The molecule has 1 aromatic carbocycles. The number of carbonyl (C=O) groups is 1. The molecule has 3 aliphatic rings. The van der Waals surface area contributed by atoms with Crippen molar-refractivity contribution < 1.29 is 23.4 Å². The van der Waals surface area contributed by atoms with Crippen LogP contribution in [0.4, 0.5) is 10.1 Å². The SMILES string of the molecule is COc1ccc(C(=O)Nc2ccc3c(c2)[C@@]2(CCN=C(N)S2)c2cc(C4=CCOCC4)nc(F)c2O3)nc1. The number of nitrogens with two attached hydrogens (primary N) is 1. The van der Waals surface area contributed by atoms with Crippen LogP contribution < -0.4 is 20.5 Å². The molecule has 0 saturated carbocycles. The highest BCUT2D eigenvalue weighted by Gasteiger charge is 2.47. The van der Waals surface area contributed by atoms with Crippen LogP contribution in [0.15, 0.2) is 53.7 Å². The molecule has 1 amide bonds. The number of nitrogens with one attached hydrogen (secondary N) is 1. The molecule has 0 aliphatic carbocycles. The summed E-state index contributed by atoms with van der Waals surface area (Å²) in [5, 5.41) is 3.30. The van der Waals surface area contributed by atoms with Gasteiger partial charge in [-0.05, 0) is 54.8 Å². The van der Waals surface area contributed by atoms with Gasteiger partial charge in [-0.25, -0.2) is 9.97 Å². The first kappa shape index (κ1) is 24.4. The maximum atomic E-state index is 15.5. The number of aliphatic imine (C=N–C) groups is 1. The van der Waals surface area contributed by atoms with Crippen LogP contribution in [0.25, 0.3) is 5.57 Å². The number of ether oxygens (including phenoxy) is 3. The number of halogens is 1. The molecule has 0 saturated heterocycles. The third kappa shape index (κ3) is 4.27. The van der Waals surface area contributed by atoms with Crippen molar-refractivity contribution in [3.63, 3.8) is 0 Å². The summed E-state index contributed by atoms with van der Waals surface area (Å²) in [6.07, 6.45) is 4.61. The van der Waals surface area contributed by atoms with Crippen LogP contribution in [0.3, 0.4) is 0 Å². The summed E-state index contributed by atoms with van der Waals surface area (Å²) < 4.78 is 31.3. The Morgan fingerprint density at radius 2 is 2.13 bits per heavy atom. The Morgan fingerprint density at radius 3 is 2.87 bits per heavy atom. The number of fused-ring (bicyclic) bond motifs is 4. The summed E-state index contributed by atoms with van der Waals surface area (Å²) in [7, 11) is 1.53. The lowest BCUT2D eigenvalue weighted by atomic mass is 9.83. The fraction of sp³-hybridized carbons (Fsp3) is 0.259. The lowest BCUT2D eigenvalue weighted by Crippen LogP contribution is -2.35. The molecule has 11 heteroatoms. The van der Waals surface area contributed by atoms with E-state index in [0.29, 0.717) is 66.2 Å². The number of methoxy groups -OCH3 is 1. The summed E-state index contributed by atoms with van der Waals surface area (Å²) in [6.45, 7) is 1.47. The van der Waals surface area contributed by atoms with Crippen LogP contribution in [-0.2, 0) is 9.48 Å². The lowest BCUT2D eigenvalue weighted by Gasteiger charge is -2.41. The summed E-state index contributed by atoms with van der Waals surface area (Å²) in [5.41, 5.74) is 9.91. The molecule has 0 radical (unpaired) electrons. The second-order valence-corrected chi connectivity index (χ2v) is 10.3. The molecule has 5 heterocycles. The monoisotopic (exact) mass is 533 g/mol. The first-order valence-electron chi connectivity index (χ1n) is 12.1. The standard InChI is InChI=1S/C27H24FN5O4S/c1-35-17-3-4-20(31-14-17)25(34)32-16-2-5-22-18(12-16)27(8-9-30-26(29)38-27)19-13-21(15-6-10-36-11-7-15)33-24(28)23(19)37-22/h2-6,12-14H,7-11H2,1H3,(H2,29,30)(H,32,34)/t27-/m0/s1. The topological polar surface area (TPSA) is 121 Å². The fourth-order valence-corrected chi connectivity index (χ4v) is 6.12. The van der Waals surface area contributed by atoms with Gasteiger partial charge in [0, 0.05) is 23.4 Å². The fourth-order valence-electron chi connectivity index (χ4n) is 4.89. The molecule has 3 N–H and O–H groups in total. The number of rotatable bonds is 4. The number of amidine groups is 1. The van der Waals surface area contributed by atoms with Gasteiger partial charge in [0.15, 0.2) is 10.9 Å². The van der Waals surface area contributed by atoms with Gasteiger partial charge >= 0.3 is 0 Å². The molecule has 2 aromatic heterocycles. The van der Waals surface area contributed by atoms with Crippen molar-refractivity contribution in [3.8, 4) is 17.2 Å². The number of aromatic nitrogens is 2. The highest BCUT2D eigenvalue weighted by Crippen LogP contribution is 2.58. The van der Waals surface area contributed by atoms with Crippen molar-refractivity contribution in [2.24, 2.45) is 10.7 Å². The number of hydrogen-bond acceptors (Lipinski definition) is 9. The smallest absolute Gasteiger partial charge is 0.274 e. The first-order valence-corrected chi connectivity index (χ1v) is 12.9. The summed E-state index contributed by atoms with van der Waals surface area (Å²) in [4.78, 5) is 25.7. The minimum absolute atomic E-state index is 0.0790. The Bertz CT molecular complexity index is 1490. The quantitative estimate of drug-likeness (QED) is 0.471. The molecule has 0 unspecified atom stereocenters. The average molecular weight is 534 g/mol. The Kier molecular flexibility index (Phi) is 6.24. The van der Waals surface area contributed by atoms with E-state index in [9.17, 15) is 4.79 Å². The molecule has 6 rings (SSSR count). The molecule has 3 aromatic rings. The summed E-state index contributed by atoms with van der Waals surface area (Å²) in [5.74, 6) is 0.0494. The van der Waals surface area contributed by atoms with Crippen LogP contribution in [0.2, 0.25) is 0 Å². The van der Waals surface area contributed by atoms with Gasteiger partial charge in [0.1, 0.15) is 17.2 Å².